The van der Waals surface area contributed by atoms with Crippen LogP contribution in [0.1, 0.15) is 40.0 Å². The van der Waals surface area contributed by atoms with Crippen molar-refractivity contribution in [2.45, 2.75) is 46.1 Å². The molecule has 1 aliphatic rings. The molecule has 15 heavy (non-hydrogen) atoms. The zero-order chi connectivity index (χ0) is 11.6. The fourth-order valence-corrected chi connectivity index (χ4v) is 1.87. The predicted molar refractivity (Wildman–Crippen MR) is 55.0 cm³/mol. The maximum absolute atomic E-state index is 11.4. The van der Waals surface area contributed by atoms with E-state index in [4.69, 9.17) is 0 Å². The molecule has 4 nitrogen and oxygen atoms in total. The summed E-state index contributed by atoms with van der Waals surface area (Å²) in [6.07, 6.45) is 1.20. The van der Waals surface area contributed by atoms with E-state index in [0.717, 1.165) is 0 Å². The molecule has 0 aromatic rings. The summed E-state index contributed by atoms with van der Waals surface area (Å²) in [6, 6.07) is -0.161. The number of likely N-dealkylation sites (tertiary alicyclic amines) is 1. The first-order chi connectivity index (χ1) is 6.93. The van der Waals surface area contributed by atoms with Crippen molar-refractivity contribution in [1.29, 1.82) is 0 Å². The Morgan fingerprint density at radius 3 is 2.13 bits per heavy atom. The Morgan fingerprint density at radius 1 is 1.27 bits per heavy atom. The zero-order valence-electron chi connectivity index (χ0n) is 9.45. The Kier molecular flexibility index (Phi) is 3.61. The lowest BCUT2D eigenvalue weighted by molar-refractivity contribution is -0.141. The van der Waals surface area contributed by atoms with Gasteiger partial charge in [-0.05, 0) is 20.3 Å². The molecule has 1 fully saturated rings. The van der Waals surface area contributed by atoms with E-state index in [-0.39, 0.29) is 29.6 Å². The van der Waals surface area contributed by atoms with Crippen LogP contribution >= 0.6 is 0 Å². The van der Waals surface area contributed by atoms with Crippen molar-refractivity contribution in [3.05, 3.63) is 0 Å². The van der Waals surface area contributed by atoms with Gasteiger partial charge in [0.25, 0.3) is 0 Å². The molecule has 0 radical (unpaired) electrons. The van der Waals surface area contributed by atoms with Crippen molar-refractivity contribution in [3.8, 4) is 0 Å². The van der Waals surface area contributed by atoms with Crippen LogP contribution in [0.5, 0.6) is 0 Å². The van der Waals surface area contributed by atoms with Gasteiger partial charge in [0.05, 0.1) is 0 Å². The van der Waals surface area contributed by atoms with Crippen LogP contribution in [-0.2, 0) is 14.4 Å². The average Bonchev–Trinajstić information content (AvgIpc) is 2.45. The molecule has 1 aliphatic heterocycles. The Labute approximate surface area is 89.6 Å². The van der Waals surface area contributed by atoms with E-state index in [1.807, 2.05) is 13.8 Å². The summed E-state index contributed by atoms with van der Waals surface area (Å²) >= 11 is 0. The molecule has 1 heterocycles. The second kappa shape index (κ2) is 4.55. The average molecular weight is 211 g/mol. The van der Waals surface area contributed by atoms with Crippen LogP contribution in [0.15, 0.2) is 0 Å². The number of carbonyl (C=O) groups is 3. The van der Waals surface area contributed by atoms with E-state index in [2.05, 4.69) is 0 Å². The highest BCUT2D eigenvalue weighted by Crippen LogP contribution is 2.20. The molecule has 2 unspecified atom stereocenters. The van der Waals surface area contributed by atoms with Gasteiger partial charge in [0.1, 0.15) is 5.78 Å². The minimum atomic E-state index is -0.161. The number of hydrogen-bond donors (Lipinski definition) is 0. The maximum atomic E-state index is 11.4. The second-order valence-electron chi connectivity index (χ2n) is 4.25. The van der Waals surface area contributed by atoms with Gasteiger partial charge in [0.15, 0.2) is 0 Å². The van der Waals surface area contributed by atoms with Gasteiger partial charge in [-0.3, -0.25) is 19.3 Å². The third-order valence-corrected chi connectivity index (χ3v) is 2.92. The molecule has 0 saturated carbocycles. The summed E-state index contributed by atoms with van der Waals surface area (Å²) in [5.41, 5.74) is 0. The predicted octanol–water partition coefficient (Wildman–Crippen LogP) is 1.14. The highest BCUT2D eigenvalue weighted by Gasteiger charge is 2.33. The van der Waals surface area contributed by atoms with E-state index in [1.165, 1.54) is 11.8 Å². The van der Waals surface area contributed by atoms with Gasteiger partial charge in [-0.25, -0.2) is 0 Å². The third kappa shape index (κ3) is 2.64. The molecule has 0 aliphatic carbocycles. The fourth-order valence-electron chi connectivity index (χ4n) is 1.87. The Balaban J connectivity index is 2.60. The SMILES string of the molecule is CC(=O)C(C)CC(C)N1C(=O)CCC1=O. The first kappa shape index (κ1) is 11.9. The maximum Gasteiger partial charge on any atom is 0.229 e. The van der Waals surface area contributed by atoms with E-state index in [9.17, 15) is 14.4 Å². The van der Waals surface area contributed by atoms with Crippen molar-refractivity contribution >= 4 is 17.6 Å². The molecular weight excluding hydrogens is 194 g/mol. The summed E-state index contributed by atoms with van der Waals surface area (Å²) in [6.45, 7) is 5.18. The minimum Gasteiger partial charge on any atom is -0.300 e. The Morgan fingerprint density at radius 2 is 1.73 bits per heavy atom. The lowest BCUT2D eigenvalue weighted by atomic mass is 9.98. The molecule has 1 rings (SSSR count). The zero-order valence-corrected chi connectivity index (χ0v) is 9.45. The van der Waals surface area contributed by atoms with Gasteiger partial charge >= 0.3 is 0 Å². The van der Waals surface area contributed by atoms with Crippen LogP contribution in [0.3, 0.4) is 0 Å². The van der Waals surface area contributed by atoms with Crippen molar-refractivity contribution in [2.75, 3.05) is 0 Å². The van der Waals surface area contributed by atoms with Gasteiger partial charge < -0.3 is 0 Å². The molecule has 1 saturated heterocycles. The Bertz CT molecular complexity index is 282. The molecule has 0 aromatic heterocycles. The number of carbonyl (C=O) groups excluding carboxylic acids is 3. The van der Waals surface area contributed by atoms with Crippen molar-refractivity contribution in [3.63, 3.8) is 0 Å². The summed E-state index contributed by atoms with van der Waals surface area (Å²) in [7, 11) is 0. The van der Waals surface area contributed by atoms with Crippen LogP contribution in [-0.4, -0.2) is 28.5 Å². The number of nitrogens with zero attached hydrogens (tertiary/aromatic N) is 1. The van der Waals surface area contributed by atoms with E-state index in [1.54, 1.807) is 0 Å². The first-order valence-corrected chi connectivity index (χ1v) is 5.28. The standard InChI is InChI=1S/C11H17NO3/c1-7(9(3)13)6-8(2)12-10(14)4-5-11(12)15/h7-8H,4-6H2,1-3H3. The van der Waals surface area contributed by atoms with Crippen LogP contribution in [0.25, 0.3) is 0 Å². The highest BCUT2D eigenvalue weighted by molar-refractivity contribution is 6.02. The highest BCUT2D eigenvalue weighted by atomic mass is 16.2. The van der Waals surface area contributed by atoms with Gasteiger partial charge in [-0.2, -0.15) is 0 Å². The molecule has 0 spiro atoms. The van der Waals surface area contributed by atoms with Crippen LogP contribution in [0.4, 0.5) is 0 Å². The topological polar surface area (TPSA) is 54.5 Å². The fraction of sp³-hybridized carbons (Fsp3) is 0.727. The minimum absolute atomic E-state index is 0.0961. The molecule has 2 atom stereocenters. The van der Waals surface area contributed by atoms with E-state index in [0.29, 0.717) is 19.3 Å². The molecular formula is C11H17NO3. The number of hydrogen-bond acceptors (Lipinski definition) is 3. The summed E-state index contributed by atoms with van der Waals surface area (Å²) < 4.78 is 0. The molecule has 0 N–H and O–H groups in total. The summed E-state index contributed by atoms with van der Waals surface area (Å²) in [5.74, 6) is -0.214. The van der Waals surface area contributed by atoms with Crippen molar-refractivity contribution in [1.82, 2.24) is 4.90 Å². The lowest BCUT2D eigenvalue weighted by Crippen LogP contribution is -2.39. The van der Waals surface area contributed by atoms with Gasteiger partial charge in [0.2, 0.25) is 11.8 Å². The van der Waals surface area contributed by atoms with Crippen LogP contribution in [0.2, 0.25) is 0 Å². The number of imide groups is 1. The molecule has 2 amide bonds. The molecule has 84 valence electrons. The first-order valence-electron chi connectivity index (χ1n) is 5.28. The molecule has 0 bridgehead atoms. The lowest BCUT2D eigenvalue weighted by Gasteiger charge is -2.24. The quantitative estimate of drug-likeness (QED) is 0.655. The van der Waals surface area contributed by atoms with E-state index >= 15 is 0 Å². The van der Waals surface area contributed by atoms with Crippen LogP contribution < -0.4 is 0 Å². The largest absolute Gasteiger partial charge is 0.300 e. The Hall–Kier alpha value is -1.19. The summed E-state index contributed by atoms with van der Waals surface area (Å²) in [5, 5.41) is 0. The number of Topliss-reactive ketones (excluding diaryl/α,β-unsaturated/α-hetero) is 1. The smallest absolute Gasteiger partial charge is 0.229 e. The van der Waals surface area contributed by atoms with Crippen molar-refractivity contribution < 1.29 is 14.4 Å². The normalized spacial score (nSPS) is 20.6. The van der Waals surface area contributed by atoms with Crippen LogP contribution in [0, 0.1) is 5.92 Å². The monoisotopic (exact) mass is 211 g/mol. The number of rotatable bonds is 4. The van der Waals surface area contributed by atoms with E-state index < -0.39 is 0 Å². The second-order valence-corrected chi connectivity index (χ2v) is 4.25. The molecule has 4 heteroatoms. The third-order valence-electron chi connectivity index (χ3n) is 2.92. The van der Waals surface area contributed by atoms with Gasteiger partial charge in [-0.1, -0.05) is 6.92 Å². The summed E-state index contributed by atoms with van der Waals surface area (Å²) in [4.78, 5) is 35.2. The number of amides is 2. The number of ketones is 1. The molecule has 0 aromatic carbocycles. The van der Waals surface area contributed by atoms with Crippen molar-refractivity contribution in [2.24, 2.45) is 5.92 Å². The van der Waals surface area contributed by atoms with Gasteiger partial charge in [-0.15, -0.1) is 0 Å². The van der Waals surface area contributed by atoms with Gasteiger partial charge in [0, 0.05) is 24.8 Å².